The Morgan fingerprint density at radius 1 is 0.327 bits per heavy atom. The summed E-state index contributed by atoms with van der Waals surface area (Å²) in [6.45, 7) is 0. The molecule has 0 amide bonds. The minimum Gasteiger partial charge on any atom is -0.385 e. The molecule has 7 aromatic carbocycles. The second-order valence-corrected chi connectivity index (χ2v) is 13.9. The van der Waals surface area contributed by atoms with Gasteiger partial charge in [-0.05, 0) is 159 Å². The number of nitrogens with two attached hydrogens (primary N) is 1. The lowest BCUT2D eigenvalue weighted by Gasteiger charge is -2.19. The third kappa shape index (κ3) is 6.25. The van der Waals surface area contributed by atoms with Gasteiger partial charge in [-0.3, -0.25) is 0 Å². The molecule has 2 heteroatoms. The zero-order valence-electron chi connectivity index (χ0n) is 29.2. The van der Waals surface area contributed by atoms with Crippen molar-refractivity contribution >= 4 is 5.82 Å². The Morgan fingerprint density at radius 2 is 0.635 bits per heavy atom. The van der Waals surface area contributed by atoms with Gasteiger partial charge in [-0.1, -0.05) is 121 Å². The van der Waals surface area contributed by atoms with Crippen LogP contribution >= 0.6 is 0 Å². The molecule has 0 saturated carbocycles. The van der Waals surface area contributed by atoms with Crippen molar-refractivity contribution in [1.82, 2.24) is 4.57 Å². The highest BCUT2D eigenvalue weighted by atomic mass is 15.1. The van der Waals surface area contributed by atoms with Crippen LogP contribution in [0.1, 0.15) is 24.1 Å². The molecule has 0 aliphatic heterocycles. The first-order valence-corrected chi connectivity index (χ1v) is 18.3. The van der Waals surface area contributed by atoms with Crippen LogP contribution in [-0.4, -0.2) is 4.57 Å². The molecule has 0 atom stereocenters. The van der Waals surface area contributed by atoms with Gasteiger partial charge in [0.25, 0.3) is 0 Å². The van der Waals surface area contributed by atoms with Gasteiger partial charge in [-0.15, -0.1) is 0 Å². The fraction of sp³-hybridized carbons (Fsp3) is 0.0800. The van der Waals surface area contributed by atoms with Crippen LogP contribution in [0.25, 0.3) is 72.4 Å². The minimum atomic E-state index is 0.807. The standard InChI is InChI=1S/C50H40N2/c51-50-34-39-23-13-14-24-49(39)52(50)48-32-46(44-27-40(35-15-5-1-6-16-35)25-41(28-44)36-17-7-2-8-18-36)31-47(33-48)45-29-42(37-19-9-3-10-20-37)26-43(30-45)38-21-11-4-12-22-38/h1-12,15-22,25-34H,13-14,23-24,51H2. The zero-order valence-corrected chi connectivity index (χ0v) is 29.2. The molecule has 250 valence electrons. The fourth-order valence-electron chi connectivity index (χ4n) is 7.88. The highest BCUT2D eigenvalue weighted by molar-refractivity contribution is 5.87. The van der Waals surface area contributed by atoms with E-state index in [0.717, 1.165) is 35.5 Å². The molecule has 0 spiro atoms. The van der Waals surface area contributed by atoms with Gasteiger partial charge < -0.3 is 10.3 Å². The maximum atomic E-state index is 6.89. The molecule has 0 radical (unpaired) electrons. The second-order valence-electron chi connectivity index (χ2n) is 13.9. The number of nitrogens with zero attached hydrogens (tertiary/aromatic N) is 1. The van der Waals surface area contributed by atoms with Crippen LogP contribution in [-0.2, 0) is 12.8 Å². The Kier molecular flexibility index (Phi) is 8.34. The van der Waals surface area contributed by atoms with Crippen molar-refractivity contribution in [3.05, 3.63) is 193 Å². The van der Waals surface area contributed by atoms with Gasteiger partial charge in [0.15, 0.2) is 0 Å². The van der Waals surface area contributed by atoms with Crippen molar-refractivity contribution in [2.45, 2.75) is 25.7 Å². The predicted molar refractivity (Wildman–Crippen MR) is 219 cm³/mol. The van der Waals surface area contributed by atoms with E-state index < -0.39 is 0 Å². The van der Waals surface area contributed by atoms with E-state index in [2.05, 4.69) is 187 Å². The van der Waals surface area contributed by atoms with E-state index in [-0.39, 0.29) is 0 Å². The molecule has 0 unspecified atom stereocenters. The van der Waals surface area contributed by atoms with Gasteiger partial charge in [0.1, 0.15) is 5.82 Å². The largest absolute Gasteiger partial charge is 0.385 e. The van der Waals surface area contributed by atoms with Crippen molar-refractivity contribution in [2.75, 3.05) is 5.73 Å². The monoisotopic (exact) mass is 668 g/mol. The molecule has 2 nitrogen and oxygen atoms in total. The number of rotatable bonds is 7. The van der Waals surface area contributed by atoms with Gasteiger partial charge >= 0.3 is 0 Å². The number of aromatic nitrogens is 1. The average Bonchev–Trinajstić information content (AvgIpc) is 3.57. The van der Waals surface area contributed by atoms with E-state index in [1.54, 1.807) is 0 Å². The molecular formula is C50H40N2. The van der Waals surface area contributed by atoms with Crippen LogP contribution in [0.3, 0.4) is 0 Å². The van der Waals surface area contributed by atoms with Crippen molar-refractivity contribution in [1.29, 1.82) is 0 Å². The van der Waals surface area contributed by atoms with Crippen LogP contribution in [0.15, 0.2) is 182 Å². The van der Waals surface area contributed by atoms with Crippen LogP contribution in [0.4, 0.5) is 5.82 Å². The summed E-state index contributed by atoms with van der Waals surface area (Å²) in [5, 5.41) is 0. The molecule has 1 aliphatic rings. The lowest BCUT2D eigenvalue weighted by molar-refractivity contribution is 0.664. The lowest BCUT2D eigenvalue weighted by Crippen LogP contribution is -2.09. The molecule has 2 N–H and O–H groups in total. The quantitative estimate of drug-likeness (QED) is 0.180. The topological polar surface area (TPSA) is 30.9 Å². The zero-order chi connectivity index (χ0) is 34.9. The molecule has 0 fully saturated rings. The Bertz CT molecular complexity index is 2230. The van der Waals surface area contributed by atoms with Crippen LogP contribution < -0.4 is 5.73 Å². The maximum Gasteiger partial charge on any atom is 0.108 e. The summed E-state index contributed by atoms with van der Waals surface area (Å²) in [6, 6.07) is 66.1. The van der Waals surface area contributed by atoms with Crippen LogP contribution in [0.2, 0.25) is 0 Å². The Labute approximate surface area is 306 Å². The first kappa shape index (κ1) is 31.6. The number of aryl methyl sites for hydroxylation is 1. The van der Waals surface area contributed by atoms with E-state index in [4.69, 9.17) is 5.73 Å². The third-order valence-corrected chi connectivity index (χ3v) is 10.5. The summed E-state index contributed by atoms with van der Waals surface area (Å²) in [6.07, 6.45) is 4.51. The lowest BCUT2D eigenvalue weighted by atomic mass is 9.90. The molecule has 52 heavy (non-hydrogen) atoms. The van der Waals surface area contributed by atoms with Gasteiger partial charge in [-0.25, -0.2) is 0 Å². The van der Waals surface area contributed by atoms with Gasteiger partial charge in [-0.2, -0.15) is 0 Å². The summed E-state index contributed by atoms with van der Waals surface area (Å²) in [5.41, 5.74) is 25.0. The Balaban J connectivity index is 1.30. The smallest absolute Gasteiger partial charge is 0.108 e. The van der Waals surface area contributed by atoms with E-state index in [0.29, 0.717) is 0 Å². The number of hydrogen-bond donors (Lipinski definition) is 1. The highest BCUT2D eigenvalue weighted by Gasteiger charge is 2.20. The van der Waals surface area contributed by atoms with Crippen molar-refractivity contribution < 1.29 is 0 Å². The van der Waals surface area contributed by atoms with Crippen molar-refractivity contribution in [2.24, 2.45) is 0 Å². The summed E-state index contributed by atoms with van der Waals surface area (Å²) in [4.78, 5) is 0. The SMILES string of the molecule is Nc1cc2c(n1-c1cc(-c3cc(-c4ccccc4)cc(-c4ccccc4)c3)cc(-c3cc(-c4ccccc4)cc(-c4ccccc4)c3)c1)CCCC2. The number of benzene rings is 7. The van der Waals surface area contributed by atoms with Gasteiger partial charge in [0.05, 0.1) is 0 Å². The number of hydrogen-bond acceptors (Lipinski definition) is 1. The van der Waals surface area contributed by atoms with E-state index in [1.165, 1.54) is 79.7 Å². The molecule has 8 aromatic rings. The highest BCUT2D eigenvalue weighted by Crippen LogP contribution is 2.40. The number of nitrogen functional groups attached to an aromatic ring is 1. The molecule has 1 aliphatic carbocycles. The van der Waals surface area contributed by atoms with E-state index in [1.807, 2.05) is 0 Å². The summed E-state index contributed by atoms with van der Waals surface area (Å²) in [5.74, 6) is 0.807. The third-order valence-electron chi connectivity index (χ3n) is 10.5. The van der Waals surface area contributed by atoms with Crippen LogP contribution in [0, 0.1) is 0 Å². The number of anilines is 1. The summed E-state index contributed by atoms with van der Waals surface area (Å²) < 4.78 is 2.32. The molecule has 1 aromatic heterocycles. The molecule has 0 bridgehead atoms. The molecule has 9 rings (SSSR count). The molecular weight excluding hydrogens is 629 g/mol. The van der Waals surface area contributed by atoms with Crippen LogP contribution in [0.5, 0.6) is 0 Å². The maximum absolute atomic E-state index is 6.89. The Morgan fingerprint density at radius 3 is 1.00 bits per heavy atom. The normalized spacial score (nSPS) is 12.4. The first-order valence-electron chi connectivity index (χ1n) is 18.3. The van der Waals surface area contributed by atoms with Gasteiger partial charge in [0, 0.05) is 11.4 Å². The molecule has 1 heterocycles. The first-order chi connectivity index (χ1) is 25.7. The minimum absolute atomic E-state index is 0.807. The van der Waals surface area contributed by atoms with Crippen molar-refractivity contribution in [3.63, 3.8) is 0 Å². The van der Waals surface area contributed by atoms with Crippen molar-refractivity contribution in [3.8, 4) is 72.4 Å². The van der Waals surface area contributed by atoms with E-state index in [9.17, 15) is 0 Å². The average molecular weight is 669 g/mol. The summed E-state index contributed by atoms with van der Waals surface area (Å²) in [7, 11) is 0. The number of fused-ring (bicyclic) bond motifs is 1. The Hall–Kier alpha value is -6.38. The predicted octanol–water partition coefficient (Wildman–Crippen LogP) is 12.9. The fourth-order valence-corrected chi connectivity index (χ4v) is 7.88. The van der Waals surface area contributed by atoms with E-state index >= 15 is 0 Å². The van der Waals surface area contributed by atoms with Gasteiger partial charge in [0.2, 0.25) is 0 Å². The summed E-state index contributed by atoms with van der Waals surface area (Å²) >= 11 is 0. The molecule has 0 saturated heterocycles. The second kappa shape index (κ2) is 13.7.